The molecule has 92 valence electrons. The molecule has 0 aliphatic heterocycles. The van der Waals surface area contributed by atoms with E-state index in [9.17, 15) is 5.11 Å². The van der Waals surface area contributed by atoms with Crippen LogP contribution in [0.1, 0.15) is 73.6 Å². The van der Waals surface area contributed by atoms with Crippen LogP contribution in [0, 0.1) is 11.3 Å². The fourth-order valence-electron chi connectivity index (χ4n) is 2.09. The first-order valence-electron chi connectivity index (χ1n) is 6.45. The molecule has 0 aliphatic carbocycles. The summed E-state index contributed by atoms with van der Waals surface area (Å²) in [4.78, 5) is 0. The van der Waals surface area contributed by atoms with E-state index in [2.05, 4.69) is 41.5 Å². The van der Waals surface area contributed by atoms with Crippen molar-refractivity contribution in [2.75, 3.05) is 0 Å². The molecule has 0 aromatic rings. The Kier molecular flexibility index (Phi) is 5.87. The SMILES string of the molecule is CCCC(O)(CCCC(C)C)C(C)(C)C. The Morgan fingerprint density at radius 2 is 1.60 bits per heavy atom. The van der Waals surface area contributed by atoms with Crippen LogP contribution in [0.2, 0.25) is 0 Å². The summed E-state index contributed by atoms with van der Waals surface area (Å²) in [5.41, 5.74) is -0.476. The number of hydrogen-bond donors (Lipinski definition) is 1. The van der Waals surface area contributed by atoms with Gasteiger partial charge >= 0.3 is 0 Å². The van der Waals surface area contributed by atoms with Crippen molar-refractivity contribution in [1.82, 2.24) is 0 Å². The van der Waals surface area contributed by atoms with E-state index in [1.165, 1.54) is 6.42 Å². The van der Waals surface area contributed by atoms with E-state index in [-0.39, 0.29) is 5.41 Å². The van der Waals surface area contributed by atoms with Crippen molar-refractivity contribution in [2.24, 2.45) is 11.3 Å². The second-order valence-corrected chi connectivity index (χ2v) is 6.32. The molecule has 0 fully saturated rings. The smallest absolute Gasteiger partial charge is 0.0695 e. The van der Waals surface area contributed by atoms with Gasteiger partial charge in [0.05, 0.1) is 5.60 Å². The van der Waals surface area contributed by atoms with Gasteiger partial charge in [0.15, 0.2) is 0 Å². The molecular formula is C14H30O. The number of rotatable bonds is 6. The van der Waals surface area contributed by atoms with Gasteiger partial charge in [-0.05, 0) is 24.2 Å². The minimum Gasteiger partial charge on any atom is -0.389 e. The topological polar surface area (TPSA) is 20.2 Å². The minimum absolute atomic E-state index is 0.0000104. The average Bonchev–Trinajstić information content (AvgIpc) is 2.01. The molecule has 15 heavy (non-hydrogen) atoms. The molecule has 0 aliphatic rings. The highest BCUT2D eigenvalue weighted by atomic mass is 16.3. The van der Waals surface area contributed by atoms with Crippen LogP contribution in [-0.4, -0.2) is 10.7 Å². The molecule has 0 saturated carbocycles. The largest absolute Gasteiger partial charge is 0.389 e. The van der Waals surface area contributed by atoms with Crippen LogP contribution in [0.4, 0.5) is 0 Å². The molecule has 0 aromatic heterocycles. The summed E-state index contributed by atoms with van der Waals surface area (Å²) in [5.74, 6) is 0.746. The molecule has 0 rings (SSSR count). The summed E-state index contributed by atoms with van der Waals surface area (Å²) in [5, 5.41) is 10.7. The van der Waals surface area contributed by atoms with Crippen LogP contribution in [-0.2, 0) is 0 Å². The Hall–Kier alpha value is -0.0400. The molecule has 0 radical (unpaired) electrons. The molecular weight excluding hydrogens is 184 g/mol. The van der Waals surface area contributed by atoms with E-state index >= 15 is 0 Å². The second-order valence-electron chi connectivity index (χ2n) is 6.32. The van der Waals surface area contributed by atoms with Gasteiger partial charge in [-0.1, -0.05) is 60.8 Å². The highest BCUT2D eigenvalue weighted by Gasteiger charge is 2.38. The van der Waals surface area contributed by atoms with E-state index in [4.69, 9.17) is 0 Å². The molecule has 0 amide bonds. The van der Waals surface area contributed by atoms with Gasteiger partial charge in [0, 0.05) is 0 Å². The van der Waals surface area contributed by atoms with E-state index in [1.54, 1.807) is 0 Å². The van der Waals surface area contributed by atoms with Crippen molar-refractivity contribution in [3.05, 3.63) is 0 Å². The van der Waals surface area contributed by atoms with Crippen molar-refractivity contribution in [2.45, 2.75) is 79.2 Å². The fraction of sp³-hybridized carbons (Fsp3) is 1.00. The highest BCUT2D eigenvalue weighted by molar-refractivity contribution is 4.89. The molecule has 0 aromatic carbocycles. The van der Waals surface area contributed by atoms with Gasteiger partial charge in [-0.25, -0.2) is 0 Å². The molecule has 1 nitrogen and oxygen atoms in total. The standard InChI is InChI=1S/C14H30O/c1-7-10-14(15,13(4,5)6)11-8-9-12(2)3/h12,15H,7-11H2,1-6H3. The van der Waals surface area contributed by atoms with Crippen molar-refractivity contribution < 1.29 is 5.11 Å². The van der Waals surface area contributed by atoms with Gasteiger partial charge in [-0.3, -0.25) is 0 Å². The van der Waals surface area contributed by atoms with E-state index in [1.807, 2.05) is 0 Å². The van der Waals surface area contributed by atoms with Gasteiger partial charge in [0.25, 0.3) is 0 Å². The minimum atomic E-state index is -0.476. The third-order valence-corrected chi connectivity index (χ3v) is 3.43. The average molecular weight is 214 g/mol. The van der Waals surface area contributed by atoms with Crippen LogP contribution in [0.5, 0.6) is 0 Å². The van der Waals surface area contributed by atoms with E-state index in [0.717, 1.165) is 31.6 Å². The normalized spacial score (nSPS) is 16.8. The summed E-state index contributed by atoms with van der Waals surface area (Å²) in [6.45, 7) is 13.1. The maximum Gasteiger partial charge on any atom is 0.0695 e. The van der Waals surface area contributed by atoms with Crippen LogP contribution < -0.4 is 0 Å². The first kappa shape index (κ1) is 15.0. The Balaban J connectivity index is 4.26. The molecule has 0 spiro atoms. The highest BCUT2D eigenvalue weighted by Crippen LogP contribution is 2.38. The van der Waals surface area contributed by atoms with Crippen LogP contribution in [0.15, 0.2) is 0 Å². The third kappa shape index (κ3) is 5.01. The van der Waals surface area contributed by atoms with Crippen molar-refractivity contribution in [3.8, 4) is 0 Å². The molecule has 1 unspecified atom stereocenters. The summed E-state index contributed by atoms with van der Waals surface area (Å²) in [6.07, 6.45) is 5.31. The first-order valence-corrected chi connectivity index (χ1v) is 6.45. The molecule has 0 bridgehead atoms. The van der Waals surface area contributed by atoms with Crippen molar-refractivity contribution >= 4 is 0 Å². The lowest BCUT2D eigenvalue weighted by Crippen LogP contribution is -2.42. The maximum absolute atomic E-state index is 10.7. The zero-order valence-corrected chi connectivity index (χ0v) is 11.6. The Bertz CT molecular complexity index is 167. The predicted molar refractivity (Wildman–Crippen MR) is 68.0 cm³/mol. The first-order chi connectivity index (χ1) is 6.73. The van der Waals surface area contributed by atoms with Crippen LogP contribution in [0.3, 0.4) is 0 Å². The monoisotopic (exact) mass is 214 g/mol. The molecule has 1 N–H and O–H groups in total. The van der Waals surface area contributed by atoms with E-state index < -0.39 is 5.60 Å². The van der Waals surface area contributed by atoms with Gasteiger partial charge < -0.3 is 5.11 Å². The Morgan fingerprint density at radius 3 is 1.93 bits per heavy atom. The fourth-order valence-corrected chi connectivity index (χ4v) is 2.09. The number of hydrogen-bond acceptors (Lipinski definition) is 1. The van der Waals surface area contributed by atoms with Crippen molar-refractivity contribution in [1.29, 1.82) is 0 Å². The maximum atomic E-state index is 10.7. The number of aliphatic hydroxyl groups is 1. The molecule has 0 saturated heterocycles. The Morgan fingerprint density at radius 1 is 1.07 bits per heavy atom. The lowest BCUT2D eigenvalue weighted by Gasteiger charge is -2.41. The summed E-state index contributed by atoms with van der Waals surface area (Å²) in [6, 6.07) is 0. The third-order valence-electron chi connectivity index (χ3n) is 3.43. The summed E-state index contributed by atoms with van der Waals surface area (Å²) in [7, 11) is 0. The van der Waals surface area contributed by atoms with Crippen molar-refractivity contribution in [3.63, 3.8) is 0 Å². The lowest BCUT2D eigenvalue weighted by molar-refractivity contribution is -0.0735. The second kappa shape index (κ2) is 5.89. The van der Waals surface area contributed by atoms with E-state index in [0.29, 0.717) is 0 Å². The molecule has 0 heterocycles. The van der Waals surface area contributed by atoms with Gasteiger partial charge in [0.2, 0.25) is 0 Å². The summed E-state index contributed by atoms with van der Waals surface area (Å²) >= 11 is 0. The molecule has 1 heteroatoms. The predicted octanol–water partition coefficient (Wildman–Crippen LogP) is 4.39. The Labute approximate surface area is 96.3 Å². The van der Waals surface area contributed by atoms with Gasteiger partial charge in [-0.2, -0.15) is 0 Å². The zero-order valence-electron chi connectivity index (χ0n) is 11.6. The zero-order chi connectivity index (χ0) is 12.1. The quantitative estimate of drug-likeness (QED) is 0.695. The van der Waals surface area contributed by atoms with Crippen LogP contribution in [0.25, 0.3) is 0 Å². The van der Waals surface area contributed by atoms with Crippen LogP contribution >= 0.6 is 0 Å². The van der Waals surface area contributed by atoms with Gasteiger partial charge in [0.1, 0.15) is 0 Å². The summed E-state index contributed by atoms with van der Waals surface area (Å²) < 4.78 is 0. The lowest BCUT2D eigenvalue weighted by atomic mass is 9.71. The molecule has 1 atom stereocenters. The van der Waals surface area contributed by atoms with Gasteiger partial charge in [-0.15, -0.1) is 0 Å².